The maximum atomic E-state index is 13.1. The summed E-state index contributed by atoms with van der Waals surface area (Å²) in [4.78, 5) is 15.0. The van der Waals surface area contributed by atoms with E-state index in [2.05, 4.69) is 35.8 Å². The van der Waals surface area contributed by atoms with Gasteiger partial charge in [0, 0.05) is 23.4 Å². The second kappa shape index (κ2) is 7.26. The van der Waals surface area contributed by atoms with Gasteiger partial charge in [0.15, 0.2) is 0 Å². The number of carbonyl (C=O) groups is 1. The molecule has 6 heteroatoms. The van der Waals surface area contributed by atoms with E-state index in [1.165, 1.54) is 5.56 Å². The number of anilines is 3. The summed E-state index contributed by atoms with van der Waals surface area (Å²) >= 11 is 6.45. The van der Waals surface area contributed by atoms with Gasteiger partial charge in [0.05, 0.1) is 22.9 Å². The topological polar surface area (TPSA) is 70.4 Å². The third-order valence-electron chi connectivity index (χ3n) is 5.88. The summed E-state index contributed by atoms with van der Waals surface area (Å²) in [6.07, 6.45) is 0.977. The molecular weight excluding hydrogens is 396 g/mol. The van der Waals surface area contributed by atoms with Gasteiger partial charge in [0.2, 0.25) is 0 Å². The summed E-state index contributed by atoms with van der Waals surface area (Å²) in [6, 6.07) is 17.7. The van der Waals surface area contributed by atoms with Crippen LogP contribution in [0.5, 0.6) is 0 Å². The van der Waals surface area contributed by atoms with Crippen molar-refractivity contribution >= 4 is 34.6 Å². The number of aryl methyl sites for hydroxylation is 1. The molecule has 1 amide bonds. The Labute approximate surface area is 180 Å². The van der Waals surface area contributed by atoms with E-state index in [0.29, 0.717) is 23.8 Å². The molecule has 1 atom stereocenters. The number of rotatable bonds is 4. The minimum Gasteiger partial charge on any atom is -0.399 e. The van der Waals surface area contributed by atoms with E-state index in [1.807, 2.05) is 35.2 Å². The van der Waals surface area contributed by atoms with Crippen LogP contribution in [0, 0.1) is 0 Å². The monoisotopic (exact) mass is 418 g/mol. The Hall–Kier alpha value is -3.18. The molecule has 0 aromatic heterocycles. The van der Waals surface area contributed by atoms with E-state index in [4.69, 9.17) is 17.3 Å². The predicted octanol–water partition coefficient (Wildman–Crippen LogP) is 4.97. The molecule has 0 aliphatic carbocycles. The Kier molecular flexibility index (Phi) is 4.55. The minimum absolute atomic E-state index is 0.0195. The zero-order valence-electron chi connectivity index (χ0n) is 16.7. The number of nitrogens with one attached hydrogen (secondary N) is 2. The number of hydrogen-bond donors (Lipinski definition) is 3. The number of halogens is 1. The molecule has 0 saturated carbocycles. The van der Waals surface area contributed by atoms with Crippen LogP contribution in [0.4, 0.5) is 17.1 Å². The quantitative estimate of drug-likeness (QED) is 0.523. The molecule has 30 heavy (non-hydrogen) atoms. The molecule has 0 saturated heterocycles. The predicted molar refractivity (Wildman–Crippen MR) is 123 cm³/mol. The molecule has 152 valence electrons. The lowest BCUT2D eigenvalue weighted by molar-refractivity contribution is 0.0776. The number of benzene rings is 3. The van der Waals surface area contributed by atoms with Gasteiger partial charge in [-0.25, -0.2) is 0 Å². The average molecular weight is 419 g/mol. The molecule has 2 heterocycles. The Bertz CT molecular complexity index is 1160. The SMILES string of the molecule is CCc1ccc2c(c1)NC(CN1Cc3c(cccc3-c3ccc(N)cc3Cl)C1=O)N2. The van der Waals surface area contributed by atoms with Crippen molar-refractivity contribution < 1.29 is 4.79 Å². The number of nitrogens with two attached hydrogens (primary N) is 1. The van der Waals surface area contributed by atoms with Crippen LogP contribution in [0.3, 0.4) is 0 Å². The van der Waals surface area contributed by atoms with Crippen LogP contribution in [0.1, 0.15) is 28.4 Å². The van der Waals surface area contributed by atoms with Gasteiger partial charge in [0.25, 0.3) is 5.91 Å². The van der Waals surface area contributed by atoms with E-state index in [0.717, 1.165) is 40.0 Å². The Balaban J connectivity index is 1.38. The van der Waals surface area contributed by atoms with Crippen LogP contribution in [0.25, 0.3) is 11.1 Å². The molecule has 1 unspecified atom stereocenters. The molecular formula is C24H23ClN4O. The van der Waals surface area contributed by atoms with Crippen LogP contribution >= 0.6 is 11.6 Å². The zero-order valence-corrected chi connectivity index (χ0v) is 17.5. The van der Waals surface area contributed by atoms with Gasteiger partial charge in [0.1, 0.15) is 6.17 Å². The first-order valence-electron chi connectivity index (χ1n) is 10.2. The fourth-order valence-corrected chi connectivity index (χ4v) is 4.61. The van der Waals surface area contributed by atoms with Crippen LogP contribution in [0.15, 0.2) is 54.6 Å². The fourth-order valence-electron chi connectivity index (χ4n) is 4.32. The number of nitrogen functional groups attached to an aromatic ring is 1. The Morgan fingerprint density at radius 2 is 1.83 bits per heavy atom. The highest BCUT2D eigenvalue weighted by atomic mass is 35.5. The number of fused-ring (bicyclic) bond motifs is 2. The van der Waals surface area contributed by atoms with Crippen LogP contribution < -0.4 is 16.4 Å². The van der Waals surface area contributed by atoms with Crippen molar-refractivity contribution in [2.45, 2.75) is 26.1 Å². The summed E-state index contributed by atoms with van der Waals surface area (Å²) in [7, 11) is 0. The molecule has 0 bridgehead atoms. The molecule has 5 rings (SSSR count). The second-order valence-electron chi connectivity index (χ2n) is 7.83. The van der Waals surface area contributed by atoms with Crippen molar-refractivity contribution in [1.82, 2.24) is 4.90 Å². The summed E-state index contributed by atoms with van der Waals surface area (Å²) < 4.78 is 0. The van der Waals surface area contributed by atoms with Gasteiger partial charge in [-0.15, -0.1) is 0 Å². The third kappa shape index (κ3) is 3.15. The lowest BCUT2D eigenvalue weighted by atomic mass is 9.97. The maximum absolute atomic E-state index is 13.1. The largest absolute Gasteiger partial charge is 0.399 e. The van der Waals surface area contributed by atoms with Crippen molar-refractivity contribution in [3.05, 3.63) is 76.3 Å². The standard InChI is InChI=1S/C24H23ClN4O/c1-2-14-6-9-21-22(10-14)28-23(27-21)13-29-12-19-16(4-3-5-18(19)24(29)30)17-8-7-15(26)11-20(17)25/h3-11,23,27-28H,2,12-13,26H2,1H3. The summed E-state index contributed by atoms with van der Waals surface area (Å²) in [5.41, 5.74) is 13.6. The van der Waals surface area contributed by atoms with Gasteiger partial charge in [-0.2, -0.15) is 0 Å². The van der Waals surface area contributed by atoms with E-state index < -0.39 is 0 Å². The fraction of sp³-hybridized carbons (Fsp3) is 0.208. The molecule has 5 nitrogen and oxygen atoms in total. The van der Waals surface area contributed by atoms with Crippen molar-refractivity contribution in [1.29, 1.82) is 0 Å². The summed E-state index contributed by atoms with van der Waals surface area (Å²) in [5.74, 6) is 0.0484. The smallest absolute Gasteiger partial charge is 0.254 e. The molecule has 2 aliphatic rings. The maximum Gasteiger partial charge on any atom is 0.254 e. The number of nitrogens with zero attached hydrogens (tertiary/aromatic N) is 1. The minimum atomic E-state index is -0.0195. The zero-order chi connectivity index (χ0) is 20.8. The van der Waals surface area contributed by atoms with Crippen LogP contribution in [0.2, 0.25) is 5.02 Å². The molecule has 3 aromatic carbocycles. The van der Waals surface area contributed by atoms with Gasteiger partial charge < -0.3 is 21.3 Å². The van der Waals surface area contributed by atoms with Crippen molar-refractivity contribution in [3.8, 4) is 11.1 Å². The van der Waals surface area contributed by atoms with E-state index in [1.54, 1.807) is 6.07 Å². The molecule has 0 radical (unpaired) electrons. The summed E-state index contributed by atoms with van der Waals surface area (Å²) in [5, 5.41) is 7.58. The summed E-state index contributed by atoms with van der Waals surface area (Å²) in [6.45, 7) is 3.27. The lowest BCUT2D eigenvalue weighted by Crippen LogP contribution is -2.38. The second-order valence-corrected chi connectivity index (χ2v) is 8.24. The first kappa shape index (κ1) is 18.8. The van der Waals surface area contributed by atoms with Gasteiger partial charge >= 0.3 is 0 Å². The highest BCUT2D eigenvalue weighted by molar-refractivity contribution is 6.33. The normalized spacial score (nSPS) is 16.8. The molecule has 2 aliphatic heterocycles. The Morgan fingerprint density at radius 3 is 2.63 bits per heavy atom. The first-order valence-corrected chi connectivity index (χ1v) is 10.5. The molecule has 4 N–H and O–H groups in total. The first-order chi connectivity index (χ1) is 14.5. The third-order valence-corrected chi connectivity index (χ3v) is 6.19. The highest BCUT2D eigenvalue weighted by Crippen LogP contribution is 2.37. The molecule has 0 fully saturated rings. The van der Waals surface area contributed by atoms with Crippen molar-refractivity contribution in [2.24, 2.45) is 0 Å². The van der Waals surface area contributed by atoms with E-state index in [9.17, 15) is 4.79 Å². The molecule has 3 aromatic rings. The van der Waals surface area contributed by atoms with E-state index in [-0.39, 0.29) is 12.1 Å². The number of amides is 1. The van der Waals surface area contributed by atoms with Gasteiger partial charge in [-0.05, 0) is 53.4 Å². The number of hydrogen-bond acceptors (Lipinski definition) is 4. The number of carbonyl (C=O) groups excluding carboxylic acids is 1. The van der Waals surface area contributed by atoms with Crippen LogP contribution in [-0.2, 0) is 13.0 Å². The molecule has 0 spiro atoms. The van der Waals surface area contributed by atoms with Crippen molar-refractivity contribution in [3.63, 3.8) is 0 Å². The Morgan fingerprint density at radius 1 is 1.03 bits per heavy atom. The van der Waals surface area contributed by atoms with Gasteiger partial charge in [-0.1, -0.05) is 42.8 Å². The van der Waals surface area contributed by atoms with E-state index >= 15 is 0 Å². The van der Waals surface area contributed by atoms with Crippen LogP contribution in [-0.4, -0.2) is 23.5 Å². The average Bonchev–Trinajstić information content (AvgIpc) is 3.28. The van der Waals surface area contributed by atoms with Gasteiger partial charge in [-0.3, -0.25) is 4.79 Å². The van der Waals surface area contributed by atoms with Crippen molar-refractivity contribution in [2.75, 3.05) is 22.9 Å². The highest BCUT2D eigenvalue weighted by Gasteiger charge is 2.32. The lowest BCUT2D eigenvalue weighted by Gasteiger charge is -2.21.